The van der Waals surface area contributed by atoms with Gasteiger partial charge in [0.05, 0.1) is 11.9 Å². The van der Waals surface area contributed by atoms with Crippen LogP contribution in [-0.2, 0) is 16.6 Å². The fourth-order valence-electron chi connectivity index (χ4n) is 2.06. The zero-order chi connectivity index (χ0) is 18.9. The van der Waals surface area contributed by atoms with E-state index in [4.69, 9.17) is 4.74 Å². The van der Waals surface area contributed by atoms with Crippen LogP contribution in [0.15, 0.2) is 23.2 Å². The van der Waals surface area contributed by atoms with Gasteiger partial charge in [-0.2, -0.15) is 0 Å². The van der Waals surface area contributed by atoms with Crippen LogP contribution < -0.4 is 20.1 Å². The van der Waals surface area contributed by atoms with Crippen molar-refractivity contribution in [2.45, 2.75) is 40.3 Å². The van der Waals surface area contributed by atoms with Crippen molar-refractivity contribution in [3.8, 4) is 5.75 Å². The minimum absolute atomic E-state index is 0.0754. The van der Waals surface area contributed by atoms with Crippen molar-refractivity contribution in [3.63, 3.8) is 0 Å². The van der Waals surface area contributed by atoms with Crippen LogP contribution in [0.3, 0.4) is 0 Å². The first-order chi connectivity index (χ1) is 11.8. The fourth-order valence-corrected chi connectivity index (χ4v) is 2.68. The topological polar surface area (TPSA) is 91.8 Å². The number of hydrogen-bond donors (Lipinski definition) is 3. The summed E-state index contributed by atoms with van der Waals surface area (Å²) >= 11 is 0. The van der Waals surface area contributed by atoms with E-state index in [1.807, 2.05) is 39.0 Å². The van der Waals surface area contributed by atoms with Gasteiger partial charge in [0.15, 0.2) is 5.96 Å². The highest BCUT2D eigenvalue weighted by Gasteiger charge is 2.08. The summed E-state index contributed by atoms with van der Waals surface area (Å²) in [5.41, 5.74) is 2.18. The molecule has 0 amide bonds. The van der Waals surface area contributed by atoms with E-state index in [2.05, 4.69) is 20.3 Å². The molecule has 0 spiro atoms. The first-order valence-corrected chi connectivity index (χ1v) is 10.1. The highest BCUT2D eigenvalue weighted by Crippen LogP contribution is 2.21. The van der Waals surface area contributed by atoms with Gasteiger partial charge in [-0.1, -0.05) is 12.1 Å². The molecule has 0 heterocycles. The van der Waals surface area contributed by atoms with Gasteiger partial charge in [0, 0.05) is 32.2 Å². The average Bonchev–Trinajstić information content (AvgIpc) is 2.55. The van der Waals surface area contributed by atoms with Crippen LogP contribution in [0.4, 0.5) is 0 Å². The normalized spacial score (nSPS) is 12.3. The van der Waals surface area contributed by atoms with Gasteiger partial charge in [-0.05, 0) is 39.3 Å². The summed E-state index contributed by atoms with van der Waals surface area (Å²) in [5.74, 6) is 1.53. The van der Waals surface area contributed by atoms with Gasteiger partial charge in [0.1, 0.15) is 5.75 Å². The van der Waals surface area contributed by atoms with Crippen LogP contribution >= 0.6 is 0 Å². The second kappa shape index (κ2) is 10.2. The van der Waals surface area contributed by atoms with E-state index in [0.717, 1.165) is 16.9 Å². The molecule has 0 fully saturated rings. The Labute approximate surface area is 151 Å². The molecule has 0 saturated heterocycles. The fraction of sp³-hybridized carbons (Fsp3) is 0.588. The molecule has 0 aliphatic carbocycles. The lowest BCUT2D eigenvalue weighted by Gasteiger charge is -2.17. The number of aliphatic imine (C=N–C) groups is 1. The molecule has 1 rings (SSSR count). The Bertz CT molecular complexity index is 672. The van der Waals surface area contributed by atoms with Gasteiger partial charge in [-0.15, -0.1) is 0 Å². The third kappa shape index (κ3) is 8.22. The summed E-state index contributed by atoms with van der Waals surface area (Å²) in [6.07, 6.45) is 0.101. The molecule has 8 heteroatoms. The molecule has 0 saturated carbocycles. The summed E-state index contributed by atoms with van der Waals surface area (Å²) in [4.78, 5) is 4.14. The second-order valence-electron chi connectivity index (χ2n) is 5.93. The summed E-state index contributed by atoms with van der Waals surface area (Å²) in [5, 5.41) is 6.29. The van der Waals surface area contributed by atoms with Gasteiger partial charge in [0.25, 0.3) is 0 Å². The Morgan fingerprint density at radius 1 is 1.24 bits per heavy atom. The number of nitrogens with one attached hydrogen (secondary N) is 3. The van der Waals surface area contributed by atoms with Crippen LogP contribution in [0.2, 0.25) is 0 Å². The Kier molecular flexibility index (Phi) is 8.71. The Balaban J connectivity index is 2.55. The highest BCUT2D eigenvalue weighted by molar-refractivity contribution is 7.89. The van der Waals surface area contributed by atoms with Gasteiger partial charge >= 0.3 is 0 Å². The third-order valence-electron chi connectivity index (χ3n) is 3.37. The summed E-state index contributed by atoms with van der Waals surface area (Å²) < 4.78 is 31.1. The van der Waals surface area contributed by atoms with E-state index in [1.54, 1.807) is 14.0 Å². The van der Waals surface area contributed by atoms with Gasteiger partial charge in [-0.25, -0.2) is 13.1 Å². The van der Waals surface area contributed by atoms with E-state index < -0.39 is 10.0 Å². The molecule has 3 N–H and O–H groups in total. The lowest BCUT2D eigenvalue weighted by molar-refractivity contribution is 0.239. The molecular formula is C17H30N4O3S. The minimum atomic E-state index is -3.17. The van der Waals surface area contributed by atoms with Crippen molar-refractivity contribution in [2.24, 2.45) is 4.99 Å². The molecule has 0 unspecified atom stereocenters. The van der Waals surface area contributed by atoms with Crippen LogP contribution in [0.1, 0.15) is 31.9 Å². The lowest BCUT2D eigenvalue weighted by atomic mass is 10.1. The second-order valence-corrected chi connectivity index (χ2v) is 8.02. The predicted molar refractivity (Wildman–Crippen MR) is 103 cm³/mol. The summed E-state index contributed by atoms with van der Waals surface area (Å²) in [6.45, 7) is 8.94. The Hall–Kier alpha value is -1.80. The number of sulfonamides is 1. The molecular weight excluding hydrogens is 340 g/mol. The number of hydrogen-bond acceptors (Lipinski definition) is 4. The molecule has 0 bridgehead atoms. The van der Waals surface area contributed by atoms with Crippen molar-refractivity contribution in [3.05, 3.63) is 29.3 Å². The van der Waals surface area contributed by atoms with E-state index in [-0.39, 0.29) is 11.9 Å². The molecule has 142 valence electrons. The first kappa shape index (κ1) is 21.2. The Morgan fingerprint density at radius 2 is 1.96 bits per heavy atom. The smallest absolute Gasteiger partial charge is 0.211 e. The van der Waals surface area contributed by atoms with Crippen molar-refractivity contribution in [1.82, 2.24) is 15.4 Å². The average molecular weight is 371 g/mol. The van der Waals surface area contributed by atoms with Crippen LogP contribution in [0, 0.1) is 6.92 Å². The lowest BCUT2D eigenvalue weighted by Crippen LogP contribution is -2.41. The zero-order valence-electron chi connectivity index (χ0n) is 15.7. The van der Waals surface area contributed by atoms with Crippen LogP contribution in [0.25, 0.3) is 0 Å². The first-order valence-electron chi connectivity index (χ1n) is 8.45. The molecule has 7 nitrogen and oxygen atoms in total. The third-order valence-corrected chi connectivity index (χ3v) is 4.78. The van der Waals surface area contributed by atoms with Crippen molar-refractivity contribution >= 4 is 16.0 Å². The van der Waals surface area contributed by atoms with Crippen molar-refractivity contribution in [1.29, 1.82) is 0 Å². The molecule has 25 heavy (non-hydrogen) atoms. The van der Waals surface area contributed by atoms with Crippen LogP contribution in [0.5, 0.6) is 5.75 Å². The highest BCUT2D eigenvalue weighted by atomic mass is 32.2. The maximum absolute atomic E-state index is 11.4. The Morgan fingerprint density at radius 3 is 2.56 bits per heavy atom. The molecule has 0 aromatic heterocycles. The molecule has 0 aliphatic rings. The number of nitrogens with zero attached hydrogens (tertiary/aromatic N) is 1. The maximum atomic E-state index is 11.4. The van der Waals surface area contributed by atoms with E-state index >= 15 is 0 Å². The zero-order valence-corrected chi connectivity index (χ0v) is 16.5. The predicted octanol–water partition coefficient (Wildman–Crippen LogP) is 1.39. The number of benzene rings is 1. The molecule has 0 radical (unpaired) electrons. The maximum Gasteiger partial charge on any atom is 0.211 e. The van der Waals surface area contributed by atoms with Gasteiger partial charge < -0.3 is 15.4 Å². The summed E-state index contributed by atoms with van der Waals surface area (Å²) in [6, 6.07) is 6.09. The minimum Gasteiger partial charge on any atom is -0.491 e. The van der Waals surface area contributed by atoms with E-state index in [0.29, 0.717) is 25.6 Å². The number of aryl methyl sites for hydroxylation is 1. The van der Waals surface area contributed by atoms with Crippen LogP contribution in [-0.4, -0.2) is 46.4 Å². The standard InChI is InChI=1S/C17H30N4O3S/c1-6-25(22,23)21-10-9-19-17(18-5)20-12-15-8-7-14(4)11-16(15)24-13(2)3/h7-8,11,13,21H,6,9-10,12H2,1-5H3,(H2,18,19,20). The number of ether oxygens (including phenoxy) is 1. The van der Waals surface area contributed by atoms with Gasteiger partial charge in [-0.3, -0.25) is 4.99 Å². The van der Waals surface area contributed by atoms with E-state index in [9.17, 15) is 8.42 Å². The largest absolute Gasteiger partial charge is 0.491 e. The van der Waals surface area contributed by atoms with Crippen molar-refractivity contribution < 1.29 is 13.2 Å². The number of rotatable bonds is 9. The van der Waals surface area contributed by atoms with E-state index in [1.165, 1.54) is 0 Å². The number of guanidine groups is 1. The molecule has 0 aliphatic heterocycles. The quantitative estimate of drug-likeness (QED) is 0.347. The summed E-state index contributed by atoms with van der Waals surface area (Å²) in [7, 11) is -1.49. The molecule has 1 aromatic rings. The molecule has 0 atom stereocenters. The van der Waals surface area contributed by atoms with Gasteiger partial charge in [0.2, 0.25) is 10.0 Å². The molecule has 1 aromatic carbocycles. The van der Waals surface area contributed by atoms with Crippen molar-refractivity contribution in [2.75, 3.05) is 25.9 Å². The SMILES string of the molecule is CCS(=O)(=O)NCCNC(=NC)NCc1ccc(C)cc1OC(C)C. The monoisotopic (exact) mass is 370 g/mol.